The molecule has 9 nitrogen and oxygen atoms in total. The first-order valence-corrected chi connectivity index (χ1v) is 50.4. The predicted octanol–water partition coefficient (Wildman–Crippen LogP) is 35.9. The maximum absolute atomic E-state index is 9.99. The summed E-state index contributed by atoms with van der Waals surface area (Å²) in [6.45, 7) is 25.0. The number of fused-ring (bicyclic) bond motifs is 17. The van der Waals surface area contributed by atoms with Gasteiger partial charge in [0.05, 0.1) is 64.4 Å². The summed E-state index contributed by atoms with van der Waals surface area (Å²) in [5, 5.41) is 12.3. The molecule has 4 aliphatic carbocycles. The van der Waals surface area contributed by atoms with E-state index in [-0.39, 0.29) is 10.8 Å². The summed E-state index contributed by atoms with van der Waals surface area (Å²) in [4.78, 5) is 38.8. The van der Waals surface area contributed by atoms with E-state index in [1.165, 1.54) is 83.3 Å². The van der Waals surface area contributed by atoms with E-state index in [4.69, 9.17) is 43.0 Å². The van der Waals surface area contributed by atoms with Crippen LogP contribution >= 0.6 is 0 Å². The van der Waals surface area contributed by atoms with E-state index in [9.17, 15) is 5.26 Å². The largest absolute Gasteiger partial charge is 0.238 e. The Bertz CT molecular complexity index is 9180. The second-order valence-electron chi connectivity index (χ2n) is 39.4. The Balaban J connectivity index is 0.000000116. The Kier molecular flexibility index (Phi) is 22.9. The van der Waals surface area contributed by atoms with Crippen LogP contribution < -0.4 is 0 Å². The molecule has 3 aromatic heterocycles. The first-order chi connectivity index (χ1) is 73.2. The molecule has 9 heteroatoms. The van der Waals surface area contributed by atoms with Gasteiger partial charge in [-0.3, -0.25) is 0 Å². The van der Waals surface area contributed by atoms with Crippen LogP contribution in [-0.2, 0) is 16.2 Å². The number of hydrogen-bond acceptors (Lipinski definition) is 7. The summed E-state index contributed by atoms with van der Waals surface area (Å²) >= 11 is 0. The third-order valence-corrected chi connectivity index (χ3v) is 30.2. The molecule has 3 heterocycles. The number of hydrogen-bond donors (Lipinski definition) is 0. The highest BCUT2D eigenvalue weighted by molar-refractivity contribution is 6.03. The van der Waals surface area contributed by atoms with Crippen molar-refractivity contribution in [3.8, 4) is 208 Å². The SMILES string of the molecule is N#Cc1ccc2c(c1)C1(c3ccccc3-c3ccccc31)c1cc(-c3ccc(-c4cc(-c5ccccc5)nc(-c5ccccc5)n4)cc3)ccc1-2.[C-]#[N+]c1cccc2c1-c1c(-c3ccccc3-c3cc(-c4ccccc4)nc(-c4ccc5ccccc5c4)n3)cccc1C2(C)C.[C-]#[N+]c1cccc2c1-c1cccc(-c3ccccc3-c3nc(-c4ccc(-c5ccccc5)cc4)cc(-c4ccc(-c5ccccc5)cc4)n3)c1C2(C)C. The van der Waals surface area contributed by atoms with Gasteiger partial charge in [-0.15, -0.1) is 0 Å². The average Bonchev–Trinajstić information content (AvgIpc) is 1.50. The summed E-state index contributed by atoms with van der Waals surface area (Å²) in [6.07, 6.45) is 0. The van der Waals surface area contributed by atoms with Gasteiger partial charge >= 0.3 is 0 Å². The first kappa shape index (κ1) is 90.6. The van der Waals surface area contributed by atoms with Crippen LogP contribution in [0.1, 0.15) is 77.8 Å². The Morgan fingerprint density at radius 1 is 0.201 bits per heavy atom. The average molecular weight is 1900 g/mol. The maximum Gasteiger partial charge on any atom is 0.195 e. The van der Waals surface area contributed by atoms with E-state index in [1.807, 2.05) is 97.1 Å². The van der Waals surface area contributed by atoms with Gasteiger partial charge in [0.25, 0.3) is 0 Å². The van der Waals surface area contributed by atoms with Gasteiger partial charge in [0.1, 0.15) is 0 Å². The van der Waals surface area contributed by atoms with Crippen molar-refractivity contribution >= 4 is 22.1 Å². The maximum atomic E-state index is 9.99. The number of benzene rings is 20. The van der Waals surface area contributed by atoms with Crippen molar-refractivity contribution in [2.75, 3.05) is 0 Å². The van der Waals surface area contributed by atoms with Crippen molar-refractivity contribution in [2.45, 2.75) is 43.9 Å². The molecule has 0 unspecified atom stereocenters. The fourth-order valence-electron chi connectivity index (χ4n) is 23.1. The topological polar surface area (TPSA) is 110 Å². The van der Waals surface area contributed by atoms with Gasteiger partial charge in [0, 0.05) is 60.9 Å². The summed E-state index contributed by atoms with van der Waals surface area (Å²) in [5.74, 6) is 2.06. The number of nitriles is 1. The molecule has 0 aliphatic heterocycles. The van der Waals surface area contributed by atoms with Crippen molar-refractivity contribution in [2.24, 2.45) is 0 Å². The minimum Gasteiger partial charge on any atom is -0.238 e. The van der Waals surface area contributed by atoms with Crippen LogP contribution in [0.2, 0.25) is 0 Å². The molecule has 20 aromatic carbocycles. The molecule has 0 atom stereocenters. The third-order valence-electron chi connectivity index (χ3n) is 30.2. The van der Waals surface area contributed by atoms with Crippen molar-refractivity contribution in [3.63, 3.8) is 0 Å². The highest BCUT2D eigenvalue weighted by Gasteiger charge is 2.52. The lowest BCUT2D eigenvalue weighted by Crippen LogP contribution is -2.26. The number of nitrogens with zero attached hydrogens (tertiary/aromatic N) is 9. The van der Waals surface area contributed by atoms with Crippen LogP contribution in [0.5, 0.6) is 0 Å². The number of rotatable bonds is 14. The second kappa shape index (κ2) is 37.6. The predicted molar refractivity (Wildman–Crippen MR) is 608 cm³/mol. The van der Waals surface area contributed by atoms with Gasteiger partial charge in [-0.1, -0.05) is 477 Å². The van der Waals surface area contributed by atoms with Gasteiger partial charge in [0.15, 0.2) is 28.8 Å². The van der Waals surface area contributed by atoms with Crippen LogP contribution in [0.3, 0.4) is 0 Å². The van der Waals surface area contributed by atoms with Crippen LogP contribution in [0.25, 0.3) is 222 Å². The molecule has 149 heavy (non-hydrogen) atoms. The molecule has 23 aromatic rings. The standard InChI is InChI=1S/C50H35N3.C48H29N3.C42H29N3/c1-50(2)43-22-13-23-44(51-3)47(43)42-21-12-20-40(48(42)50)39-18-10-11-19-41(39)49-52-45(37-28-24-35(25-29-37)33-14-6-4-7-15-33)32-46(53-49)38-30-26-36(27-31-38)34-16-8-5-9-17-34;49-30-31-19-25-39-40-26-24-36(28-44(40)48(43(39)27-31)41-17-9-7-15-37(41)38-16-8-10-18-42(38)48)32-20-22-34(23-21-32)46-29-45(33-11-3-1-4-12-33)50-47(51-46)35-13-5-2-6-14-35;1-42(2)34-20-11-19-33(39(34)40-35(42)21-12-22-36(40)43-3)31-17-9-10-18-32(31)38-26-37(28-14-5-4-6-15-28)44-41(45-38)30-24-23-27-13-7-8-16-29(27)25-30/h4-32H,1-2H3;1-29H;4-26H,1-2H3. The molecule has 698 valence electrons. The van der Waals surface area contributed by atoms with E-state index in [2.05, 4.69) is 438 Å². The molecule has 0 fully saturated rings. The fraction of sp³-hybridized carbons (Fsp3) is 0.0500. The monoisotopic (exact) mass is 1900 g/mol. The van der Waals surface area contributed by atoms with Gasteiger partial charge in [-0.25, -0.2) is 39.6 Å². The Hall–Kier alpha value is -19.6. The van der Waals surface area contributed by atoms with Crippen molar-refractivity contribution in [3.05, 3.63) is 564 Å². The van der Waals surface area contributed by atoms with E-state index < -0.39 is 5.41 Å². The second-order valence-corrected chi connectivity index (χ2v) is 39.4. The first-order valence-electron chi connectivity index (χ1n) is 50.4. The Morgan fingerprint density at radius 2 is 0.530 bits per heavy atom. The zero-order valence-corrected chi connectivity index (χ0v) is 82.3. The summed E-state index contributed by atoms with van der Waals surface area (Å²) in [7, 11) is 0. The van der Waals surface area contributed by atoms with Crippen LogP contribution in [0.4, 0.5) is 11.4 Å². The summed E-state index contributed by atoms with van der Waals surface area (Å²) in [6, 6.07) is 174. The Labute approximate surface area is 867 Å². The van der Waals surface area contributed by atoms with Gasteiger partial charge < -0.3 is 0 Å². The Morgan fingerprint density at radius 3 is 1.06 bits per heavy atom. The molecule has 4 aliphatic rings. The normalized spacial score (nSPS) is 12.7. The van der Waals surface area contributed by atoms with Gasteiger partial charge in [-0.2, -0.15) is 5.26 Å². The van der Waals surface area contributed by atoms with Crippen molar-refractivity contribution in [1.29, 1.82) is 5.26 Å². The van der Waals surface area contributed by atoms with E-state index >= 15 is 0 Å². The quantitative estimate of drug-likeness (QED) is 0.0998. The van der Waals surface area contributed by atoms with E-state index in [0.29, 0.717) is 34.4 Å². The molecular formula is C140H93N9. The molecule has 0 N–H and O–H groups in total. The molecule has 0 saturated carbocycles. The minimum absolute atomic E-state index is 0.213. The zero-order valence-electron chi connectivity index (χ0n) is 82.3. The van der Waals surface area contributed by atoms with Crippen LogP contribution in [0.15, 0.2) is 491 Å². The van der Waals surface area contributed by atoms with Crippen LogP contribution in [-0.4, -0.2) is 29.9 Å². The summed E-state index contributed by atoms with van der Waals surface area (Å²) < 4.78 is 0. The van der Waals surface area contributed by atoms with E-state index in [0.717, 1.165) is 156 Å². The highest BCUT2D eigenvalue weighted by atomic mass is 14.9. The third kappa shape index (κ3) is 16.0. The van der Waals surface area contributed by atoms with Crippen molar-refractivity contribution in [1.82, 2.24) is 29.9 Å². The smallest absolute Gasteiger partial charge is 0.195 e. The highest BCUT2D eigenvalue weighted by Crippen LogP contribution is 2.65. The van der Waals surface area contributed by atoms with Gasteiger partial charge in [0.2, 0.25) is 0 Å². The molecule has 0 saturated heterocycles. The summed E-state index contributed by atoms with van der Waals surface area (Å²) in [5.41, 5.74) is 45.8. The van der Waals surface area contributed by atoms with Crippen LogP contribution in [0, 0.1) is 24.5 Å². The fourth-order valence-corrected chi connectivity index (χ4v) is 23.1. The molecular weight excluding hydrogens is 1810 g/mol. The zero-order chi connectivity index (χ0) is 100. The lowest BCUT2D eigenvalue weighted by atomic mass is 9.70. The molecule has 0 amide bonds. The molecule has 0 bridgehead atoms. The molecule has 0 radical (unpaired) electrons. The number of aromatic nitrogens is 6. The lowest BCUT2D eigenvalue weighted by molar-refractivity contribution is 0.660. The van der Waals surface area contributed by atoms with Crippen molar-refractivity contribution < 1.29 is 0 Å². The molecule has 27 rings (SSSR count). The lowest BCUT2D eigenvalue weighted by Gasteiger charge is -2.30. The van der Waals surface area contributed by atoms with E-state index in [1.54, 1.807) is 0 Å². The molecule has 1 spiro atoms. The van der Waals surface area contributed by atoms with Gasteiger partial charge in [-0.05, 0) is 198 Å². The minimum atomic E-state index is -0.511.